The summed E-state index contributed by atoms with van der Waals surface area (Å²) in [7, 11) is 0. The Bertz CT molecular complexity index is 504. The van der Waals surface area contributed by atoms with Crippen LogP contribution in [0, 0.1) is 5.92 Å². The van der Waals surface area contributed by atoms with Gasteiger partial charge in [0.2, 0.25) is 5.91 Å². The molecular weight excluding hydrogens is 324 g/mol. The molecular formula is C14H17BrN2O3. The lowest BCUT2D eigenvalue weighted by Crippen LogP contribution is -2.40. The molecule has 0 bridgehead atoms. The summed E-state index contributed by atoms with van der Waals surface area (Å²) in [4.78, 5) is 25.0. The second-order valence-electron chi connectivity index (χ2n) is 4.89. The molecule has 1 aromatic rings. The summed E-state index contributed by atoms with van der Waals surface area (Å²) < 4.78 is 6.56. The number of carbonyl (C=O) groups is 2. The fraction of sp³-hybridized carbons (Fsp3) is 0.429. The van der Waals surface area contributed by atoms with Crippen LogP contribution in [0.5, 0.6) is 5.75 Å². The summed E-state index contributed by atoms with van der Waals surface area (Å²) in [5.74, 6) is -0.0584. The quantitative estimate of drug-likeness (QED) is 0.903. The topological polar surface area (TPSA) is 72.6 Å². The number of amides is 2. The fourth-order valence-electron chi connectivity index (χ4n) is 2.22. The monoisotopic (exact) mass is 340 g/mol. The van der Waals surface area contributed by atoms with Crippen LogP contribution in [0.3, 0.4) is 0 Å². The summed E-state index contributed by atoms with van der Waals surface area (Å²) in [5, 5.41) is 0. The molecule has 20 heavy (non-hydrogen) atoms. The lowest BCUT2D eigenvalue weighted by atomic mass is 10.1. The Morgan fingerprint density at radius 2 is 2.05 bits per heavy atom. The van der Waals surface area contributed by atoms with Crippen molar-refractivity contribution < 1.29 is 14.3 Å². The molecule has 2 unspecified atom stereocenters. The Hall–Kier alpha value is -1.56. The molecule has 0 aliphatic carbocycles. The number of ether oxygens (including phenoxy) is 1. The van der Waals surface area contributed by atoms with Gasteiger partial charge >= 0.3 is 0 Å². The highest BCUT2D eigenvalue weighted by Gasteiger charge is 2.32. The first-order valence-electron chi connectivity index (χ1n) is 6.47. The van der Waals surface area contributed by atoms with Gasteiger partial charge in [-0.1, -0.05) is 15.9 Å². The Morgan fingerprint density at radius 1 is 1.40 bits per heavy atom. The number of rotatable bonds is 4. The van der Waals surface area contributed by atoms with Crippen LogP contribution in [-0.4, -0.2) is 35.9 Å². The summed E-state index contributed by atoms with van der Waals surface area (Å²) in [6, 6.07) is 7.30. The van der Waals surface area contributed by atoms with Gasteiger partial charge in [0.15, 0.2) is 6.10 Å². The number of hydrogen-bond acceptors (Lipinski definition) is 3. The van der Waals surface area contributed by atoms with Gasteiger partial charge < -0.3 is 15.4 Å². The van der Waals surface area contributed by atoms with Gasteiger partial charge in [-0.2, -0.15) is 0 Å². The van der Waals surface area contributed by atoms with E-state index in [0.717, 1.165) is 4.47 Å². The van der Waals surface area contributed by atoms with Crippen LogP contribution in [0.1, 0.15) is 13.3 Å². The highest BCUT2D eigenvalue weighted by atomic mass is 79.9. The molecule has 1 aromatic carbocycles. The molecule has 1 heterocycles. The minimum atomic E-state index is -0.581. The molecule has 0 aromatic heterocycles. The third-order valence-electron chi connectivity index (χ3n) is 3.38. The first kappa shape index (κ1) is 14.8. The number of nitrogens with zero attached hydrogens (tertiary/aromatic N) is 1. The third-order valence-corrected chi connectivity index (χ3v) is 3.91. The van der Waals surface area contributed by atoms with E-state index in [1.165, 1.54) is 0 Å². The first-order chi connectivity index (χ1) is 9.47. The van der Waals surface area contributed by atoms with E-state index in [4.69, 9.17) is 10.5 Å². The SMILES string of the molecule is CC(Oc1ccc(Br)cc1)C(=O)N1CCC(C(N)=O)C1. The summed E-state index contributed by atoms with van der Waals surface area (Å²) >= 11 is 3.34. The van der Waals surface area contributed by atoms with Crippen molar-refractivity contribution in [3.05, 3.63) is 28.7 Å². The van der Waals surface area contributed by atoms with Crippen LogP contribution < -0.4 is 10.5 Å². The third kappa shape index (κ3) is 3.50. The van der Waals surface area contributed by atoms with Crippen LogP contribution in [0.25, 0.3) is 0 Å². The second kappa shape index (κ2) is 6.26. The maximum atomic E-state index is 12.2. The van der Waals surface area contributed by atoms with Crippen LogP contribution in [-0.2, 0) is 9.59 Å². The van der Waals surface area contributed by atoms with Crippen molar-refractivity contribution in [1.82, 2.24) is 4.90 Å². The van der Waals surface area contributed by atoms with Gasteiger partial charge in [0.05, 0.1) is 5.92 Å². The Labute approximate surface area is 126 Å². The van der Waals surface area contributed by atoms with Crippen molar-refractivity contribution in [2.45, 2.75) is 19.4 Å². The molecule has 2 rings (SSSR count). The van der Waals surface area contributed by atoms with Gasteiger partial charge in [0, 0.05) is 17.6 Å². The molecule has 1 aliphatic heterocycles. The molecule has 2 amide bonds. The molecule has 5 nitrogen and oxygen atoms in total. The summed E-state index contributed by atoms with van der Waals surface area (Å²) in [6.45, 7) is 2.66. The van der Waals surface area contributed by atoms with E-state index in [1.807, 2.05) is 12.1 Å². The van der Waals surface area contributed by atoms with Crippen molar-refractivity contribution in [2.24, 2.45) is 11.7 Å². The first-order valence-corrected chi connectivity index (χ1v) is 7.27. The fourth-order valence-corrected chi connectivity index (χ4v) is 2.48. The number of halogens is 1. The maximum Gasteiger partial charge on any atom is 0.263 e. The number of carbonyl (C=O) groups excluding carboxylic acids is 2. The number of primary amides is 1. The second-order valence-corrected chi connectivity index (χ2v) is 5.80. The van der Waals surface area contributed by atoms with Crippen LogP contribution in [0.2, 0.25) is 0 Å². The van der Waals surface area contributed by atoms with Crippen LogP contribution >= 0.6 is 15.9 Å². The average Bonchev–Trinajstić information content (AvgIpc) is 2.90. The molecule has 2 N–H and O–H groups in total. The molecule has 1 aliphatic rings. The standard InChI is InChI=1S/C14H17BrN2O3/c1-9(20-12-4-2-11(15)3-5-12)14(19)17-7-6-10(8-17)13(16)18/h2-5,9-10H,6-8H2,1H3,(H2,16,18). The number of hydrogen-bond donors (Lipinski definition) is 1. The van der Waals surface area contributed by atoms with Crippen molar-refractivity contribution in [3.63, 3.8) is 0 Å². The lowest BCUT2D eigenvalue weighted by Gasteiger charge is -2.21. The number of nitrogens with two attached hydrogens (primary N) is 1. The maximum absolute atomic E-state index is 12.2. The predicted molar refractivity (Wildman–Crippen MR) is 78.1 cm³/mol. The van der Waals surface area contributed by atoms with E-state index >= 15 is 0 Å². The van der Waals surface area contributed by atoms with E-state index in [0.29, 0.717) is 25.3 Å². The highest BCUT2D eigenvalue weighted by molar-refractivity contribution is 9.10. The van der Waals surface area contributed by atoms with Gasteiger partial charge in [-0.05, 0) is 37.6 Å². The largest absolute Gasteiger partial charge is 0.481 e. The normalized spacial score (nSPS) is 19.7. The minimum absolute atomic E-state index is 0.114. The zero-order valence-corrected chi connectivity index (χ0v) is 12.8. The van der Waals surface area contributed by atoms with Gasteiger partial charge in [-0.3, -0.25) is 9.59 Å². The smallest absolute Gasteiger partial charge is 0.263 e. The zero-order valence-electron chi connectivity index (χ0n) is 11.2. The molecule has 2 atom stereocenters. The zero-order chi connectivity index (χ0) is 14.7. The van der Waals surface area contributed by atoms with Crippen LogP contribution in [0.15, 0.2) is 28.7 Å². The lowest BCUT2D eigenvalue weighted by molar-refractivity contribution is -0.137. The van der Waals surface area contributed by atoms with Gasteiger partial charge in [-0.15, -0.1) is 0 Å². The van der Waals surface area contributed by atoms with Crippen molar-refractivity contribution in [3.8, 4) is 5.75 Å². The molecule has 1 fully saturated rings. The summed E-state index contributed by atoms with van der Waals surface area (Å²) in [6.07, 6.45) is 0.0503. The van der Waals surface area contributed by atoms with E-state index in [9.17, 15) is 9.59 Å². The predicted octanol–water partition coefficient (Wildman–Crippen LogP) is 1.55. The van der Waals surface area contributed by atoms with E-state index in [1.54, 1.807) is 24.0 Å². The van der Waals surface area contributed by atoms with Crippen LogP contribution in [0.4, 0.5) is 0 Å². The molecule has 6 heteroatoms. The highest BCUT2D eigenvalue weighted by Crippen LogP contribution is 2.20. The van der Waals surface area contributed by atoms with E-state index in [-0.39, 0.29) is 17.7 Å². The number of likely N-dealkylation sites (tertiary alicyclic amines) is 1. The van der Waals surface area contributed by atoms with E-state index < -0.39 is 6.10 Å². The van der Waals surface area contributed by atoms with E-state index in [2.05, 4.69) is 15.9 Å². The minimum Gasteiger partial charge on any atom is -0.481 e. The molecule has 1 saturated heterocycles. The van der Waals surface area contributed by atoms with Crippen molar-refractivity contribution >= 4 is 27.7 Å². The molecule has 0 saturated carbocycles. The number of benzene rings is 1. The summed E-state index contributed by atoms with van der Waals surface area (Å²) in [5.41, 5.74) is 5.26. The van der Waals surface area contributed by atoms with Gasteiger partial charge in [0.25, 0.3) is 5.91 Å². The van der Waals surface area contributed by atoms with Crippen molar-refractivity contribution in [1.29, 1.82) is 0 Å². The van der Waals surface area contributed by atoms with Crippen molar-refractivity contribution in [2.75, 3.05) is 13.1 Å². The molecule has 0 spiro atoms. The molecule has 0 radical (unpaired) electrons. The average molecular weight is 341 g/mol. The van der Waals surface area contributed by atoms with Gasteiger partial charge in [0.1, 0.15) is 5.75 Å². The Balaban J connectivity index is 1.92. The Morgan fingerprint density at radius 3 is 2.60 bits per heavy atom. The van der Waals surface area contributed by atoms with Gasteiger partial charge in [-0.25, -0.2) is 0 Å². The molecule has 108 valence electrons. The Kier molecular flexibility index (Phi) is 4.65.